The van der Waals surface area contributed by atoms with E-state index in [9.17, 15) is 77.0 Å². The molecule has 0 bridgehead atoms. The summed E-state index contributed by atoms with van der Waals surface area (Å²) in [7, 11) is 0. The second-order valence-electron chi connectivity index (χ2n) is 25.4. The maximum atomic E-state index is 14.7. The minimum absolute atomic E-state index is 0.00434. The van der Waals surface area contributed by atoms with Crippen LogP contribution in [0.3, 0.4) is 0 Å². The molecule has 576 valence electrons. The number of aliphatic carboxylic acids is 1. The number of carboxylic acids is 1. The van der Waals surface area contributed by atoms with E-state index in [1.165, 1.54) is 28.4 Å². The van der Waals surface area contributed by atoms with Gasteiger partial charge in [-0.05, 0) is 118 Å². The lowest BCUT2D eigenvalue weighted by molar-refractivity contribution is -0.143. The summed E-state index contributed by atoms with van der Waals surface area (Å²) < 4.78 is 0. The van der Waals surface area contributed by atoms with Gasteiger partial charge in [-0.25, -0.2) is 4.79 Å². The van der Waals surface area contributed by atoms with E-state index in [1.54, 1.807) is 70.5 Å². The molecule has 37 nitrogen and oxygen atoms in total. The number of hydrogen-bond acceptors (Lipinski definition) is 20. The largest absolute Gasteiger partial charge is 0.480 e. The highest BCUT2D eigenvalue weighted by molar-refractivity contribution is 7.98. The van der Waals surface area contributed by atoms with Gasteiger partial charge < -0.3 is 109 Å². The third-order valence-electron chi connectivity index (χ3n) is 16.1. The van der Waals surface area contributed by atoms with E-state index >= 15 is 0 Å². The van der Waals surface area contributed by atoms with E-state index in [4.69, 9.17) is 45.9 Å². The predicted octanol–water partition coefficient (Wildman–Crippen LogP) is -5.78. The van der Waals surface area contributed by atoms with Crippen molar-refractivity contribution >= 4 is 124 Å². The first-order valence-electron chi connectivity index (χ1n) is 33.9. The van der Waals surface area contributed by atoms with Crippen molar-refractivity contribution in [1.29, 1.82) is 0 Å². The Morgan fingerprint density at radius 2 is 0.932 bits per heavy atom. The van der Waals surface area contributed by atoms with Crippen LogP contribution >= 0.6 is 23.5 Å². The maximum absolute atomic E-state index is 14.7. The molecule has 1 aromatic carbocycles. The number of hydrogen-bond donors (Lipinski definition) is 19. The number of amides is 14. The van der Waals surface area contributed by atoms with Crippen molar-refractivity contribution in [3.05, 3.63) is 35.9 Å². The molecule has 1 aromatic rings. The molecule has 14 amide bonds. The second kappa shape index (κ2) is 47.6. The average Bonchev–Trinajstić information content (AvgIpc) is 1.74. The van der Waals surface area contributed by atoms with Crippen molar-refractivity contribution in [2.45, 2.75) is 197 Å². The average molecular weight is 1490 g/mol. The first-order chi connectivity index (χ1) is 48.6. The molecule has 11 atom stereocenters. The van der Waals surface area contributed by atoms with Gasteiger partial charge in [0.2, 0.25) is 82.7 Å². The Kier molecular flexibility index (Phi) is 41.4. The van der Waals surface area contributed by atoms with Gasteiger partial charge in [0.25, 0.3) is 0 Å². The summed E-state index contributed by atoms with van der Waals surface area (Å²) in [5.74, 6) is -13.8. The highest BCUT2D eigenvalue weighted by atomic mass is 32.2. The van der Waals surface area contributed by atoms with E-state index in [2.05, 4.69) is 63.2 Å². The van der Waals surface area contributed by atoms with Crippen molar-refractivity contribution in [3.63, 3.8) is 0 Å². The lowest BCUT2D eigenvalue weighted by Gasteiger charge is -2.32. The monoisotopic (exact) mass is 1490 g/mol. The molecule has 0 saturated carbocycles. The Morgan fingerprint density at radius 1 is 0.515 bits per heavy atom. The number of primary amides is 3. The lowest BCUT2D eigenvalue weighted by atomic mass is 10.0. The molecule has 1 saturated heterocycles. The van der Waals surface area contributed by atoms with Gasteiger partial charge in [-0.3, -0.25) is 77.1 Å². The topological polar surface area (TPSA) is 633 Å². The van der Waals surface area contributed by atoms with Crippen molar-refractivity contribution in [2.24, 2.45) is 67.7 Å². The molecule has 1 heterocycles. The number of carboxylic acid groups (broad SMARTS) is 1. The molecule has 0 aromatic heterocycles. The van der Waals surface area contributed by atoms with Crippen molar-refractivity contribution in [2.75, 3.05) is 50.2 Å². The van der Waals surface area contributed by atoms with Gasteiger partial charge >= 0.3 is 5.97 Å². The number of rotatable bonds is 50. The van der Waals surface area contributed by atoms with Gasteiger partial charge in [0, 0.05) is 45.3 Å². The summed E-state index contributed by atoms with van der Waals surface area (Å²) in [6.07, 6.45) is 2.04. The molecular formula is C64H107N21O16S2. The second-order valence-corrected chi connectivity index (χ2v) is 27.4. The Hall–Kier alpha value is -9.53. The third-order valence-corrected chi connectivity index (χ3v) is 17.3. The maximum Gasteiger partial charge on any atom is 0.326 e. The fourth-order valence-electron chi connectivity index (χ4n) is 10.5. The van der Waals surface area contributed by atoms with Gasteiger partial charge in [-0.15, -0.1) is 0 Å². The molecule has 1 aliphatic heterocycles. The lowest BCUT2D eigenvalue weighted by Crippen LogP contribution is -2.61. The van der Waals surface area contributed by atoms with Gasteiger partial charge in [0.15, 0.2) is 11.9 Å². The van der Waals surface area contributed by atoms with Crippen LogP contribution < -0.4 is 99.0 Å². The van der Waals surface area contributed by atoms with E-state index < -0.39 is 180 Å². The zero-order valence-corrected chi connectivity index (χ0v) is 60.9. The number of benzene rings is 1. The quantitative estimate of drug-likeness (QED) is 0.0164. The molecular weight excluding hydrogens is 1380 g/mol. The number of nitrogens with one attached hydrogen (secondary N) is 10. The van der Waals surface area contributed by atoms with Crippen LogP contribution in [0.2, 0.25) is 0 Å². The Bertz CT molecular complexity index is 3110. The standard InChI is InChI=1S/C64H107N21O16S2/c1-34(2)31-45(62(100)101)83-55(93)39(16-11-27-74-64(71)72)78-54(92)38(15-10-26-73-63(69)70)76-50(89)33-75-53(91)40(19-22-48(67)87)79-56(94)42(24-29-102-5)80-59(97)44(32-36-13-8-7-9-14-36)82-57(95)43(25-30-103-6)81-60(98)46-17-12-28-85(46)61(99)51(35(3)4)84-58(96)41(20-23-49(68)88)77-52(90)37(65)18-21-47(66)86/h7-9,13-14,34-35,37-46,51H,10-12,15-33,65H2,1-6H3,(H2,66,86)(H2,67,87)(H2,68,88)(H,75,91)(H,76,89)(H,77,90)(H,78,92)(H,79,94)(H,80,97)(H,81,98)(H,82,95)(H,83,93)(H,84,96)(H,100,101)(H4,69,70,73)(H4,71,72,74)/t37-,38-,39-,40-,41-,42-,43-,44-,45-,46-,51-/m0/s1. The summed E-state index contributed by atoms with van der Waals surface area (Å²) in [6.45, 7) is 6.05. The SMILES string of the molecule is CSCC[C@H](NC(=O)[C@H](Cc1ccccc1)NC(=O)[C@H](CCSC)NC(=O)[C@@H]1CCCN1C(=O)[C@@H](NC(=O)[C@H](CCC(N)=O)NC(=O)[C@@H](N)CCC(N)=O)C(C)C)C(=O)N[C@@H](CCC(N)=O)C(=O)NCC(=O)N[C@@H](CCCN=C(N)N)C(=O)N[C@@H](CCCN=C(N)N)C(=O)N[C@@H](CC(C)C)C(=O)O. The number of likely N-dealkylation sites (tertiary alicyclic amines) is 1. The molecule has 27 N–H and O–H groups in total. The first kappa shape index (κ1) is 89.6. The minimum atomic E-state index is -1.58. The van der Waals surface area contributed by atoms with Crippen LogP contribution in [0.1, 0.15) is 130 Å². The highest BCUT2D eigenvalue weighted by Crippen LogP contribution is 2.22. The summed E-state index contributed by atoms with van der Waals surface area (Å²) >= 11 is 2.65. The zero-order valence-electron chi connectivity index (χ0n) is 59.3. The van der Waals surface area contributed by atoms with E-state index in [-0.39, 0.29) is 127 Å². The van der Waals surface area contributed by atoms with Crippen LogP contribution in [0.5, 0.6) is 0 Å². The Labute approximate surface area is 607 Å². The molecule has 0 spiro atoms. The molecule has 1 fully saturated rings. The molecule has 0 radical (unpaired) electrons. The first-order valence-corrected chi connectivity index (χ1v) is 36.6. The van der Waals surface area contributed by atoms with Crippen LogP contribution in [-0.4, -0.2) is 227 Å². The van der Waals surface area contributed by atoms with Crippen LogP contribution in [0.25, 0.3) is 0 Å². The number of carbonyl (C=O) groups excluding carboxylic acids is 14. The van der Waals surface area contributed by atoms with Gasteiger partial charge in [-0.1, -0.05) is 58.0 Å². The summed E-state index contributed by atoms with van der Waals surface area (Å²) in [5, 5.41) is 35.6. The Morgan fingerprint density at radius 3 is 1.40 bits per heavy atom. The van der Waals surface area contributed by atoms with Gasteiger partial charge in [0.1, 0.15) is 60.4 Å². The number of thioether (sulfide) groups is 2. The van der Waals surface area contributed by atoms with Gasteiger partial charge in [0.05, 0.1) is 12.6 Å². The normalized spacial score (nSPS) is 15.4. The number of nitrogens with zero attached hydrogens (tertiary/aromatic N) is 3. The van der Waals surface area contributed by atoms with Crippen LogP contribution in [0, 0.1) is 11.8 Å². The fraction of sp³-hybridized carbons (Fsp3) is 0.641. The summed E-state index contributed by atoms with van der Waals surface area (Å²) in [5.41, 5.74) is 44.5. The molecule has 103 heavy (non-hydrogen) atoms. The molecule has 39 heteroatoms. The molecule has 1 aliphatic rings. The highest BCUT2D eigenvalue weighted by Gasteiger charge is 2.42. The van der Waals surface area contributed by atoms with Crippen molar-refractivity contribution in [1.82, 2.24) is 58.1 Å². The van der Waals surface area contributed by atoms with Gasteiger partial charge in [-0.2, -0.15) is 23.5 Å². The Balaban J connectivity index is 2.46. The number of nitrogens with two attached hydrogens (primary N) is 8. The van der Waals surface area contributed by atoms with Crippen LogP contribution in [-0.2, 0) is 78.3 Å². The number of aliphatic imine (C=N–C) groups is 2. The van der Waals surface area contributed by atoms with Crippen molar-refractivity contribution in [3.8, 4) is 0 Å². The fourth-order valence-corrected chi connectivity index (χ4v) is 11.5. The zero-order chi connectivity index (χ0) is 77.5. The third kappa shape index (κ3) is 35.3. The molecule has 0 aliphatic carbocycles. The number of guanidine groups is 2. The van der Waals surface area contributed by atoms with Crippen LogP contribution in [0.15, 0.2) is 40.3 Å². The summed E-state index contributed by atoms with van der Waals surface area (Å²) in [6, 6.07) is -6.45. The predicted molar refractivity (Wildman–Crippen MR) is 386 cm³/mol. The number of carbonyl (C=O) groups is 15. The summed E-state index contributed by atoms with van der Waals surface area (Å²) in [4.78, 5) is 211. The van der Waals surface area contributed by atoms with E-state index in [0.29, 0.717) is 17.7 Å². The molecule has 0 unspecified atom stereocenters. The molecule has 2 rings (SSSR count). The minimum Gasteiger partial charge on any atom is -0.480 e. The smallest absolute Gasteiger partial charge is 0.326 e. The van der Waals surface area contributed by atoms with Crippen molar-refractivity contribution < 1.29 is 77.0 Å². The van der Waals surface area contributed by atoms with E-state index in [0.717, 1.165) is 0 Å². The van der Waals surface area contributed by atoms with E-state index in [1.807, 2.05) is 0 Å². The van der Waals surface area contributed by atoms with Crippen LogP contribution in [0.4, 0.5) is 0 Å².